The predicted molar refractivity (Wildman–Crippen MR) is 87.5 cm³/mol. The van der Waals surface area contributed by atoms with Crippen molar-refractivity contribution >= 4 is 17.6 Å². The highest BCUT2D eigenvalue weighted by molar-refractivity contribution is 6.32. The van der Waals surface area contributed by atoms with Gasteiger partial charge in [0.25, 0.3) is 5.89 Å². The van der Waals surface area contributed by atoms with Gasteiger partial charge in [0.2, 0.25) is 5.89 Å². The van der Waals surface area contributed by atoms with Crippen molar-refractivity contribution in [2.24, 2.45) is 0 Å². The standard InChI is InChI=1S/C17H14ClN3O3/c1-10-5-7-12(8-6-10)16-21-20-15(24-16)11(2)23-17(22)13-4-3-9-19-14(13)18/h3-9,11H,1-2H3/t11-/m1/s1. The molecule has 0 N–H and O–H groups in total. The number of halogens is 1. The van der Waals surface area contributed by atoms with Crippen LogP contribution in [0.3, 0.4) is 0 Å². The van der Waals surface area contributed by atoms with Crippen LogP contribution in [-0.4, -0.2) is 21.2 Å². The van der Waals surface area contributed by atoms with E-state index in [1.165, 1.54) is 12.3 Å². The third-order valence-electron chi connectivity index (χ3n) is 3.35. The maximum Gasteiger partial charge on any atom is 0.342 e. The van der Waals surface area contributed by atoms with E-state index in [4.69, 9.17) is 20.8 Å². The Hall–Kier alpha value is -2.73. The Morgan fingerprint density at radius 1 is 1.21 bits per heavy atom. The van der Waals surface area contributed by atoms with Crippen LogP contribution in [0.25, 0.3) is 11.5 Å². The quantitative estimate of drug-likeness (QED) is 0.526. The predicted octanol–water partition coefficient (Wildman–Crippen LogP) is 4.01. The molecule has 0 aliphatic heterocycles. The van der Waals surface area contributed by atoms with Gasteiger partial charge in [0.05, 0.1) is 5.56 Å². The van der Waals surface area contributed by atoms with Gasteiger partial charge >= 0.3 is 5.97 Å². The van der Waals surface area contributed by atoms with E-state index in [2.05, 4.69) is 15.2 Å². The number of carbonyl (C=O) groups is 1. The smallest absolute Gasteiger partial charge is 0.342 e. The molecule has 1 aromatic carbocycles. The molecule has 6 nitrogen and oxygen atoms in total. The summed E-state index contributed by atoms with van der Waals surface area (Å²) >= 11 is 5.88. The van der Waals surface area contributed by atoms with Gasteiger partial charge in [0.15, 0.2) is 6.10 Å². The molecular weight excluding hydrogens is 330 g/mol. The average molecular weight is 344 g/mol. The summed E-state index contributed by atoms with van der Waals surface area (Å²) in [7, 11) is 0. The van der Waals surface area contributed by atoms with Crippen LogP contribution in [0.1, 0.15) is 34.8 Å². The Morgan fingerprint density at radius 2 is 1.96 bits per heavy atom. The Morgan fingerprint density at radius 3 is 2.67 bits per heavy atom. The fraction of sp³-hybridized carbons (Fsp3) is 0.176. The van der Waals surface area contributed by atoms with Gasteiger partial charge in [-0.1, -0.05) is 29.3 Å². The zero-order chi connectivity index (χ0) is 17.1. The highest BCUT2D eigenvalue weighted by Crippen LogP contribution is 2.24. The number of rotatable bonds is 4. The number of pyridine rings is 1. The molecule has 0 radical (unpaired) electrons. The number of ether oxygens (including phenoxy) is 1. The van der Waals surface area contributed by atoms with E-state index in [0.717, 1.165) is 11.1 Å². The van der Waals surface area contributed by atoms with Crippen LogP contribution in [0.4, 0.5) is 0 Å². The number of hydrogen-bond donors (Lipinski definition) is 0. The van der Waals surface area contributed by atoms with Gasteiger partial charge in [-0.3, -0.25) is 0 Å². The summed E-state index contributed by atoms with van der Waals surface area (Å²) in [6.45, 7) is 3.64. The Labute approximate surface area is 143 Å². The van der Waals surface area contributed by atoms with Crippen LogP contribution < -0.4 is 0 Å². The molecule has 0 unspecified atom stereocenters. The molecule has 3 rings (SSSR count). The SMILES string of the molecule is Cc1ccc(-c2nnc([C@@H](C)OC(=O)c3cccnc3Cl)o2)cc1. The zero-order valence-electron chi connectivity index (χ0n) is 13.1. The number of carbonyl (C=O) groups excluding carboxylic acids is 1. The maximum atomic E-state index is 12.1. The summed E-state index contributed by atoms with van der Waals surface area (Å²) in [5.74, 6) is -0.0260. The largest absolute Gasteiger partial charge is 0.449 e. The molecule has 0 saturated carbocycles. The van der Waals surface area contributed by atoms with E-state index in [-0.39, 0.29) is 16.6 Å². The lowest BCUT2D eigenvalue weighted by atomic mass is 10.1. The summed E-state index contributed by atoms with van der Waals surface area (Å²) in [6, 6.07) is 10.8. The van der Waals surface area contributed by atoms with Crippen LogP contribution in [0.2, 0.25) is 5.15 Å². The summed E-state index contributed by atoms with van der Waals surface area (Å²) in [5, 5.41) is 8.01. The Bertz CT molecular complexity index is 862. The van der Waals surface area contributed by atoms with E-state index >= 15 is 0 Å². The number of esters is 1. The highest BCUT2D eigenvalue weighted by Gasteiger charge is 2.21. The van der Waals surface area contributed by atoms with E-state index in [1.807, 2.05) is 31.2 Å². The Kier molecular flexibility index (Phi) is 4.57. The summed E-state index contributed by atoms with van der Waals surface area (Å²) < 4.78 is 10.9. The second-order valence-corrected chi connectivity index (χ2v) is 5.56. The lowest BCUT2D eigenvalue weighted by Gasteiger charge is -2.09. The summed E-state index contributed by atoms with van der Waals surface area (Å²) in [6.07, 6.45) is 0.787. The van der Waals surface area contributed by atoms with Crippen molar-refractivity contribution in [1.82, 2.24) is 15.2 Å². The number of aryl methyl sites for hydroxylation is 1. The fourth-order valence-electron chi connectivity index (χ4n) is 2.02. The van der Waals surface area contributed by atoms with Crippen molar-refractivity contribution in [1.29, 1.82) is 0 Å². The third kappa shape index (κ3) is 3.44. The molecule has 2 heterocycles. The molecule has 7 heteroatoms. The normalized spacial score (nSPS) is 12.0. The molecule has 24 heavy (non-hydrogen) atoms. The molecule has 0 amide bonds. The van der Waals surface area contributed by atoms with Crippen molar-refractivity contribution in [2.45, 2.75) is 20.0 Å². The minimum atomic E-state index is -0.708. The monoisotopic (exact) mass is 343 g/mol. The first-order valence-corrected chi connectivity index (χ1v) is 7.64. The first kappa shape index (κ1) is 16.1. The van der Waals surface area contributed by atoms with Crippen LogP contribution >= 0.6 is 11.6 Å². The molecule has 0 saturated heterocycles. The molecule has 0 aliphatic rings. The molecular formula is C17H14ClN3O3. The zero-order valence-corrected chi connectivity index (χ0v) is 13.8. The lowest BCUT2D eigenvalue weighted by Crippen LogP contribution is -2.10. The number of hydrogen-bond acceptors (Lipinski definition) is 6. The van der Waals surface area contributed by atoms with Gasteiger partial charge < -0.3 is 9.15 Å². The second-order valence-electron chi connectivity index (χ2n) is 5.20. The van der Waals surface area contributed by atoms with Gasteiger partial charge in [-0.05, 0) is 38.1 Å². The molecule has 1 atom stereocenters. The third-order valence-corrected chi connectivity index (χ3v) is 3.65. The van der Waals surface area contributed by atoms with Crippen LogP contribution in [0, 0.1) is 6.92 Å². The maximum absolute atomic E-state index is 12.1. The van der Waals surface area contributed by atoms with Gasteiger partial charge in [-0.2, -0.15) is 0 Å². The van der Waals surface area contributed by atoms with Crippen molar-refractivity contribution in [3.05, 3.63) is 64.8 Å². The number of nitrogens with zero attached hydrogens (tertiary/aromatic N) is 3. The Balaban J connectivity index is 1.74. The van der Waals surface area contributed by atoms with Gasteiger partial charge in [0, 0.05) is 11.8 Å². The first-order valence-electron chi connectivity index (χ1n) is 7.26. The lowest BCUT2D eigenvalue weighted by molar-refractivity contribution is 0.0279. The van der Waals surface area contributed by atoms with Crippen molar-refractivity contribution in [2.75, 3.05) is 0 Å². The molecule has 3 aromatic rings. The van der Waals surface area contributed by atoms with Crippen molar-refractivity contribution in [3.8, 4) is 11.5 Å². The van der Waals surface area contributed by atoms with Gasteiger partial charge in [-0.25, -0.2) is 9.78 Å². The number of aromatic nitrogens is 3. The summed E-state index contributed by atoms with van der Waals surface area (Å²) in [4.78, 5) is 16.0. The van der Waals surface area contributed by atoms with Crippen LogP contribution in [0.5, 0.6) is 0 Å². The molecule has 0 aliphatic carbocycles. The second kappa shape index (κ2) is 6.80. The minimum Gasteiger partial charge on any atom is -0.449 e. The molecule has 0 spiro atoms. The molecule has 122 valence electrons. The van der Waals surface area contributed by atoms with E-state index < -0.39 is 12.1 Å². The minimum absolute atomic E-state index is 0.0839. The van der Waals surface area contributed by atoms with Gasteiger partial charge in [0.1, 0.15) is 5.15 Å². The molecule has 2 aromatic heterocycles. The fourth-order valence-corrected chi connectivity index (χ4v) is 2.22. The van der Waals surface area contributed by atoms with E-state index in [0.29, 0.717) is 5.89 Å². The van der Waals surface area contributed by atoms with Crippen LogP contribution in [0.15, 0.2) is 47.0 Å². The van der Waals surface area contributed by atoms with E-state index in [9.17, 15) is 4.79 Å². The van der Waals surface area contributed by atoms with Crippen molar-refractivity contribution in [3.63, 3.8) is 0 Å². The topological polar surface area (TPSA) is 78.1 Å². The summed E-state index contributed by atoms with van der Waals surface area (Å²) in [5.41, 5.74) is 2.12. The van der Waals surface area contributed by atoms with E-state index in [1.54, 1.807) is 13.0 Å². The van der Waals surface area contributed by atoms with Crippen molar-refractivity contribution < 1.29 is 13.9 Å². The van der Waals surface area contributed by atoms with Crippen LogP contribution in [-0.2, 0) is 4.74 Å². The molecule has 0 bridgehead atoms. The average Bonchev–Trinajstić information content (AvgIpc) is 3.06. The number of benzene rings is 1. The molecule has 0 fully saturated rings. The van der Waals surface area contributed by atoms with Gasteiger partial charge in [-0.15, -0.1) is 10.2 Å². The first-order chi connectivity index (χ1) is 11.5. The highest BCUT2D eigenvalue weighted by atomic mass is 35.5.